The fourth-order valence-electron chi connectivity index (χ4n) is 1.64. The number of rotatable bonds is 4. The van der Waals surface area contributed by atoms with E-state index in [9.17, 15) is 9.59 Å². The number of carbonyl (C=O) groups excluding carboxylic acids is 2. The van der Waals surface area contributed by atoms with E-state index in [1.54, 1.807) is 11.8 Å². The number of thioether (sulfide) groups is 1. The van der Waals surface area contributed by atoms with Crippen molar-refractivity contribution in [3.05, 3.63) is 23.8 Å². The van der Waals surface area contributed by atoms with Crippen LogP contribution in [0.15, 0.2) is 23.1 Å². The summed E-state index contributed by atoms with van der Waals surface area (Å²) in [7, 11) is 0. The van der Waals surface area contributed by atoms with Gasteiger partial charge in [-0.3, -0.25) is 4.79 Å². The smallest absolute Gasteiger partial charge is 0.237 e. The zero-order chi connectivity index (χ0) is 12.3. The first-order valence-electron chi connectivity index (χ1n) is 5.45. The number of carbonyl (C=O) groups is 2. The molecule has 0 aromatic heterocycles. The van der Waals surface area contributed by atoms with Crippen LogP contribution in [0.5, 0.6) is 0 Å². The molecule has 1 aliphatic heterocycles. The molecule has 0 bridgehead atoms. The zero-order valence-corrected chi connectivity index (χ0v) is 10.3. The molecule has 1 atom stereocenters. The first kappa shape index (κ1) is 12.1. The van der Waals surface area contributed by atoms with Crippen molar-refractivity contribution in [3.63, 3.8) is 0 Å². The number of fused-ring (bicyclic) bond motifs is 1. The van der Waals surface area contributed by atoms with E-state index in [2.05, 4.69) is 10.6 Å². The van der Waals surface area contributed by atoms with Crippen molar-refractivity contribution in [3.8, 4) is 0 Å². The highest BCUT2D eigenvalue weighted by molar-refractivity contribution is 8.00. The van der Waals surface area contributed by atoms with Crippen LogP contribution in [0.2, 0.25) is 0 Å². The standard InChI is InChI=1S/C12H14N2O2S/c1-8-12(16)14-10-6-9(7-13-4-5-15)2-3-11(10)17-8/h2-3,5-6,8,13H,4,7H2,1H3,(H,14,16). The number of hydrogen-bond donors (Lipinski definition) is 2. The largest absolute Gasteiger partial charge is 0.324 e. The molecule has 4 nitrogen and oxygen atoms in total. The van der Waals surface area contributed by atoms with Crippen molar-refractivity contribution in [2.24, 2.45) is 0 Å². The molecular formula is C12H14N2O2S. The lowest BCUT2D eigenvalue weighted by atomic mass is 10.2. The van der Waals surface area contributed by atoms with Crippen molar-refractivity contribution in [1.29, 1.82) is 0 Å². The van der Waals surface area contributed by atoms with Gasteiger partial charge >= 0.3 is 0 Å². The maximum atomic E-state index is 11.5. The lowest BCUT2D eigenvalue weighted by Gasteiger charge is -2.21. The molecule has 0 aliphatic carbocycles. The molecule has 0 saturated carbocycles. The molecular weight excluding hydrogens is 236 g/mol. The lowest BCUT2D eigenvalue weighted by molar-refractivity contribution is -0.115. The summed E-state index contributed by atoms with van der Waals surface area (Å²) in [5, 5.41) is 5.83. The van der Waals surface area contributed by atoms with Gasteiger partial charge < -0.3 is 15.4 Å². The minimum Gasteiger partial charge on any atom is -0.324 e. The van der Waals surface area contributed by atoms with Crippen molar-refractivity contribution in [2.45, 2.75) is 23.6 Å². The Balaban J connectivity index is 2.11. The number of benzene rings is 1. The number of anilines is 1. The molecule has 1 heterocycles. The van der Waals surface area contributed by atoms with Gasteiger partial charge in [0.1, 0.15) is 6.29 Å². The van der Waals surface area contributed by atoms with E-state index in [1.807, 2.05) is 25.1 Å². The van der Waals surface area contributed by atoms with Crippen LogP contribution >= 0.6 is 11.8 Å². The van der Waals surface area contributed by atoms with E-state index in [0.29, 0.717) is 13.1 Å². The minimum atomic E-state index is -0.0402. The molecule has 0 spiro atoms. The van der Waals surface area contributed by atoms with E-state index in [-0.39, 0.29) is 11.2 Å². The molecule has 1 aromatic carbocycles. The van der Waals surface area contributed by atoms with Crippen molar-refractivity contribution < 1.29 is 9.59 Å². The summed E-state index contributed by atoms with van der Waals surface area (Å²) in [6.45, 7) is 2.86. The zero-order valence-electron chi connectivity index (χ0n) is 9.53. The summed E-state index contributed by atoms with van der Waals surface area (Å²) in [5.74, 6) is 0.0421. The topological polar surface area (TPSA) is 58.2 Å². The second kappa shape index (κ2) is 5.33. The molecule has 1 aromatic rings. The van der Waals surface area contributed by atoms with Gasteiger partial charge in [0.2, 0.25) is 5.91 Å². The highest BCUT2D eigenvalue weighted by Crippen LogP contribution is 2.35. The Morgan fingerprint density at radius 3 is 3.12 bits per heavy atom. The minimum absolute atomic E-state index is 0.0402. The second-order valence-corrected chi connectivity index (χ2v) is 5.26. The molecule has 17 heavy (non-hydrogen) atoms. The van der Waals surface area contributed by atoms with Crippen molar-refractivity contribution in [1.82, 2.24) is 5.32 Å². The maximum Gasteiger partial charge on any atom is 0.237 e. The number of nitrogens with one attached hydrogen (secondary N) is 2. The summed E-state index contributed by atoms with van der Waals surface area (Å²) < 4.78 is 0. The van der Waals surface area contributed by atoms with Gasteiger partial charge in [-0.2, -0.15) is 0 Å². The molecule has 0 fully saturated rings. The predicted molar refractivity (Wildman–Crippen MR) is 68.2 cm³/mol. The maximum absolute atomic E-state index is 11.5. The van der Waals surface area contributed by atoms with Gasteiger partial charge in [-0.25, -0.2) is 0 Å². The van der Waals surface area contributed by atoms with Gasteiger partial charge in [-0.15, -0.1) is 11.8 Å². The van der Waals surface area contributed by atoms with Crippen LogP contribution < -0.4 is 10.6 Å². The summed E-state index contributed by atoms with van der Waals surface area (Å²) in [5.41, 5.74) is 1.92. The van der Waals surface area contributed by atoms with Crippen LogP contribution in [0, 0.1) is 0 Å². The van der Waals surface area contributed by atoms with Crippen LogP contribution in [0.3, 0.4) is 0 Å². The van der Waals surface area contributed by atoms with Gasteiger partial charge in [-0.1, -0.05) is 6.07 Å². The Labute approximate surface area is 104 Å². The van der Waals surface area contributed by atoms with Crippen LogP contribution in [-0.2, 0) is 16.1 Å². The fourth-order valence-corrected chi connectivity index (χ4v) is 2.57. The third kappa shape index (κ3) is 2.87. The molecule has 2 N–H and O–H groups in total. The van der Waals surface area contributed by atoms with E-state index in [1.165, 1.54) is 0 Å². The van der Waals surface area contributed by atoms with E-state index in [0.717, 1.165) is 22.4 Å². The molecule has 0 saturated heterocycles. The third-order valence-corrected chi connectivity index (χ3v) is 3.71. The lowest BCUT2D eigenvalue weighted by Crippen LogP contribution is -2.26. The van der Waals surface area contributed by atoms with Gasteiger partial charge in [-0.05, 0) is 24.6 Å². The molecule has 0 radical (unpaired) electrons. The number of hydrogen-bond acceptors (Lipinski definition) is 4. The molecule has 2 rings (SSSR count). The van der Waals surface area contributed by atoms with Gasteiger partial charge in [0.25, 0.3) is 0 Å². The molecule has 5 heteroatoms. The predicted octanol–water partition coefficient (Wildman–Crippen LogP) is 1.41. The second-order valence-electron chi connectivity index (χ2n) is 3.88. The Hall–Kier alpha value is -1.33. The molecule has 1 aliphatic rings. The molecule has 1 amide bonds. The fraction of sp³-hybridized carbons (Fsp3) is 0.333. The SMILES string of the molecule is CC1Sc2ccc(CNCC=O)cc2NC1=O. The van der Waals surface area contributed by atoms with Gasteiger partial charge in [0.15, 0.2) is 0 Å². The van der Waals surface area contributed by atoms with Crippen molar-refractivity contribution >= 4 is 29.6 Å². The van der Waals surface area contributed by atoms with E-state index < -0.39 is 0 Å². The Kier molecular flexibility index (Phi) is 3.81. The van der Waals surface area contributed by atoms with Crippen LogP contribution in [0.4, 0.5) is 5.69 Å². The Morgan fingerprint density at radius 2 is 2.35 bits per heavy atom. The summed E-state index contributed by atoms with van der Waals surface area (Å²) in [6, 6.07) is 5.96. The quantitative estimate of drug-likeness (QED) is 0.626. The Morgan fingerprint density at radius 1 is 1.53 bits per heavy atom. The van der Waals surface area contributed by atoms with Crippen LogP contribution in [-0.4, -0.2) is 24.0 Å². The summed E-state index contributed by atoms with van der Waals surface area (Å²) in [4.78, 5) is 22.8. The van der Waals surface area contributed by atoms with Gasteiger partial charge in [0.05, 0.1) is 17.5 Å². The number of aldehydes is 1. The summed E-state index contributed by atoms with van der Waals surface area (Å²) >= 11 is 1.57. The summed E-state index contributed by atoms with van der Waals surface area (Å²) in [6.07, 6.45) is 0.831. The van der Waals surface area contributed by atoms with Crippen molar-refractivity contribution in [2.75, 3.05) is 11.9 Å². The molecule has 1 unspecified atom stereocenters. The Bertz CT molecular complexity index is 448. The average molecular weight is 250 g/mol. The van der Waals surface area contributed by atoms with Crippen LogP contribution in [0.25, 0.3) is 0 Å². The average Bonchev–Trinajstić information content (AvgIpc) is 2.31. The first-order chi connectivity index (χ1) is 8.20. The van der Waals surface area contributed by atoms with E-state index >= 15 is 0 Å². The van der Waals surface area contributed by atoms with E-state index in [4.69, 9.17) is 0 Å². The molecule has 90 valence electrons. The third-order valence-electron chi connectivity index (χ3n) is 2.53. The highest BCUT2D eigenvalue weighted by Gasteiger charge is 2.22. The first-order valence-corrected chi connectivity index (χ1v) is 6.33. The normalized spacial score (nSPS) is 18.4. The number of amides is 1. The van der Waals surface area contributed by atoms with Gasteiger partial charge in [0, 0.05) is 11.4 Å². The highest BCUT2D eigenvalue weighted by atomic mass is 32.2. The monoisotopic (exact) mass is 250 g/mol. The van der Waals surface area contributed by atoms with Crippen LogP contribution in [0.1, 0.15) is 12.5 Å².